The fourth-order valence-corrected chi connectivity index (χ4v) is 4.54. The average Bonchev–Trinajstić information content (AvgIpc) is 3.53. The molecule has 0 aliphatic carbocycles. The van der Waals surface area contributed by atoms with Gasteiger partial charge in [0.2, 0.25) is 0 Å². The molecular formula is C28H29FN6O2. The molecule has 0 radical (unpaired) electrons. The van der Waals surface area contributed by atoms with E-state index in [4.69, 9.17) is 4.42 Å². The summed E-state index contributed by atoms with van der Waals surface area (Å²) in [4.78, 5) is 18.7. The Hall–Kier alpha value is -4.11. The Morgan fingerprint density at radius 2 is 1.86 bits per heavy atom. The maximum absolute atomic E-state index is 13.7. The maximum atomic E-state index is 13.7. The molecule has 0 amide bonds. The third kappa shape index (κ3) is 5.22. The number of furan rings is 1. The molecule has 3 aromatic heterocycles. The lowest BCUT2D eigenvalue weighted by Crippen LogP contribution is -2.37. The minimum absolute atomic E-state index is 0.227. The number of benzene rings is 2. The SMILES string of the molecule is Cc1ccc2cc([C@@H](c3nnnn3C(C)(C)C)N(Cc3ccc(F)cc3)Cc3ccco3)c(=O)[nH]c2c1. The maximum Gasteiger partial charge on any atom is 0.253 e. The highest BCUT2D eigenvalue weighted by molar-refractivity contribution is 5.79. The molecular weight excluding hydrogens is 471 g/mol. The molecule has 3 heterocycles. The second-order valence-corrected chi connectivity index (χ2v) is 10.3. The van der Waals surface area contributed by atoms with Crippen LogP contribution in [0.5, 0.6) is 0 Å². The fourth-order valence-electron chi connectivity index (χ4n) is 4.54. The van der Waals surface area contributed by atoms with Crippen molar-refractivity contribution >= 4 is 10.9 Å². The van der Waals surface area contributed by atoms with Crippen LogP contribution in [-0.2, 0) is 18.6 Å². The van der Waals surface area contributed by atoms with E-state index in [9.17, 15) is 9.18 Å². The molecule has 37 heavy (non-hydrogen) atoms. The summed E-state index contributed by atoms with van der Waals surface area (Å²) in [6, 6.07) is 17.3. The van der Waals surface area contributed by atoms with Gasteiger partial charge in [-0.25, -0.2) is 9.07 Å². The number of nitrogens with zero attached hydrogens (tertiary/aromatic N) is 5. The minimum Gasteiger partial charge on any atom is -0.468 e. The monoisotopic (exact) mass is 500 g/mol. The molecule has 0 spiro atoms. The van der Waals surface area contributed by atoms with E-state index in [0.717, 1.165) is 27.8 Å². The van der Waals surface area contributed by atoms with Crippen molar-refractivity contribution in [2.75, 3.05) is 0 Å². The Balaban J connectivity index is 1.72. The summed E-state index contributed by atoms with van der Waals surface area (Å²) < 4.78 is 21.1. The second-order valence-electron chi connectivity index (χ2n) is 10.3. The van der Waals surface area contributed by atoms with Crippen LogP contribution >= 0.6 is 0 Å². The number of aromatic amines is 1. The van der Waals surface area contributed by atoms with Gasteiger partial charge >= 0.3 is 0 Å². The van der Waals surface area contributed by atoms with E-state index in [0.29, 0.717) is 24.5 Å². The molecule has 9 heteroatoms. The summed E-state index contributed by atoms with van der Waals surface area (Å²) in [7, 11) is 0. The van der Waals surface area contributed by atoms with Crippen LogP contribution in [-0.4, -0.2) is 30.1 Å². The number of aryl methyl sites for hydroxylation is 1. The van der Waals surface area contributed by atoms with E-state index < -0.39 is 11.6 Å². The van der Waals surface area contributed by atoms with Gasteiger partial charge in [-0.3, -0.25) is 9.69 Å². The number of hydrogen-bond acceptors (Lipinski definition) is 6. The molecule has 190 valence electrons. The first-order valence-electron chi connectivity index (χ1n) is 12.1. The van der Waals surface area contributed by atoms with Crippen molar-refractivity contribution in [2.45, 2.75) is 52.4 Å². The highest BCUT2D eigenvalue weighted by Gasteiger charge is 2.34. The summed E-state index contributed by atoms with van der Waals surface area (Å²) in [5.41, 5.74) is 2.53. The molecule has 0 bridgehead atoms. The standard InChI is InChI=1S/C28H29FN6O2/c1-18-7-10-20-15-23(27(36)30-24(20)14-18)25(26-31-32-33-35(26)28(2,3)4)34(17-22-6-5-13-37-22)16-19-8-11-21(29)12-9-19/h5-15,25H,16-17H2,1-4H3,(H,30,36)/t25-/m0/s1. The van der Waals surface area contributed by atoms with Gasteiger partial charge in [0.1, 0.15) is 17.6 Å². The van der Waals surface area contributed by atoms with Crippen LogP contribution in [0.4, 0.5) is 4.39 Å². The zero-order chi connectivity index (χ0) is 26.2. The summed E-state index contributed by atoms with van der Waals surface area (Å²) >= 11 is 0. The highest BCUT2D eigenvalue weighted by Crippen LogP contribution is 2.32. The van der Waals surface area contributed by atoms with Crippen LogP contribution < -0.4 is 5.56 Å². The molecule has 1 atom stereocenters. The highest BCUT2D eigenvalue weighted by atomic mass is 19.1. The number of halogens is 1. The molecule has 5 aromatic rings. The quantitative estimate of drug-likeness (QED) is 0.334. The molecule has 0 saturated heterocycles. The number of H-pyrrole nitrogens is 1. The van der Waals surface area contributed by atoms with Crippen LogP contribution in [0.15, 0.2) is 76.1 Å². The minimum atomic E-state index is -0.626. The van der Waals surface area contributed by atoms with Gasteiger partial charge in [0.05, 0.1) is 18.3 Å². The smallest absolute Gasteiger partial charge is 0.253 e. The van der Waals surface area contributed by atoms with Crippen molar-refractivity contribution in [3.63, 3.8) is 0 Å². The predicted molar refractivity (Wildman–Crippen MR) is 138 cm³/mol. The first kappa shape index (κ1) is 24.6. The number of hydrogen-bond donors (Lipinski definition) is 1. The van der Waals surface area contributed by atoms with Crippen LogP contribution in [0.25, 0.3) is 10.9 Å². The predicted octanol–water partition coefficient (Wildman–Crippen LogP) is 5.10. The Labute approximate surface area is 213 Å². The normalized spacial score (nSPS) is 12.9. The molecule has 2 aromatic carbocycles. The lowest BCUT2D eigenvalue weighted by atomic mass is 10.0. The van der Waals surface area contributed by atoms with Gasteiger partial charge in [-0.2, -0.15) is 0 Å². The number of fused-ring (bicyclic) bond motifs is 1. The van der Waals surface area contributed by atoms with Crippen molar-refractivity contribution < 1.29 is 8.81 Å². The van der Waals surface area contributed by atoms with E-state index in [-0.39, 0.29) is 11.4 Å². The van der Waals surface area contributed by atoms with Gasteiger partial charge < -0.3 is 9.40 Å². The molecule has 0 saturated carbocycles. The largest absolute Gasteiger partial charge is 0.468 e. The Kier molecular flexibility index (Phi) is 6.47. The van der Waals surface area contributed by atoms with Crippen LogP contribution in [0, 0.1) is 12.7 Å². The van der Waals surface area contributed by atoms with Crippen LogP contribution in [0.2, 0.25) is 0 Å². The zero-order valence-electron chi connectivity index (χ0n) is 21.3. The molecule has 8 nitrogen and oxygen atoms in total. The first-order valence-corrected chi connectivity index (χ1v) is 12.1. The van der Waals surface area contributed by atoms with Crippen molar-refractivity contribution in [2.24, 2.45) is 0 Å². The van der Waals surface area contributed by atoms with Crippen LogP contribution in [0.3, 0.4) is 0 Å². The molecule has 5 rings (SSSR count). The summed E-state index contributed by atoms with van der Waals surface area (Å²) in [6.45, 7) is 8.78. The first-order chi connectivity index (χ1) is 17.7. The summed E-state index contributed by atoms with van der Waals surface area (Å²) in [6.07, 6.45) is 1.62. The topological polar surface area (TPSA) is 92.8 Å². The second kappa shape index (κ2) is 9.74. The molecule has 0 fully saturated rings. The number of pyridine rings is 1. The number of nitrogens with one attached hydrogen (secondary N) is 1. The Bertz CT molecular complexity index is 1570. The van der Waals surface area contributed by atoms with Crippen LogP contribution in [0.1, 0.15) is 55.1 Å². The van der Waals surface area contributed by atoms with Crippen molar-refractivity contribution in [3.8, 4) is 0 Å². The van der Waals surface area contributed by atoms with Gasteiger partial charge in [0.15, 0.2) is 5.82 Å². The van der Waals surface area contributed by atoms with Gasteiger partial charge in [-0.15, -0.1) is 5.10 Å². The Morgan fingerprint density at radius 1 is 1.08 bits per heavy atom. The summed E-state index contributed by atoms with van der Waals surface area (Å²) in [5, 5.41) is 13.6. The third-order valence-electron chi connectivity index (χ3n) is 6.30. The van der Waals surface area contributed by atoms with E-state index in [1.165, 1.54) is 12.1 Å². The van der Waals surface area contributed by atoms with Crippen molar-refractivity contribution in [1.29, 1.82) is 0 Å². The number of aromatic nitrogens is 5. The average molecular weight is 501 g/mol. The van der Waals surface area contributed by atoms with Crippen molar-refractivity contribution in [3.05, 3.63) is 111 Å². The number of rotatable bonds is 7. The van der Waals surface area contributed by atoms with E-state index in [2.05, 4.69) is 25.4 Å². The molecule has 0 aliphatic rings. The van der Waals surface area contributed by atoms with Gasteiger partial charge in [-0.05, 0) is 91.0 Å². The van der Waals surface area contributed by atoms with Gasteiger partial charge in [0.25, 0.3) is 5.56 Å². The molecule has 0 aliphatic heterocycles. The van der Waals surface area contributed by atoms with Gasteiger partial charge in [0, 0.05) is 17.6 Å². The van der Waals surface area contributed by atoms with E-state index in [1.807, 2.05) is 64.1 Å². The third-order valence-corrected chi connectivity index (χ3v) is 6.30. The molecule has 1 N–H and O–H groups in total. The van der Waals surface area contributed by atoms with Gasteiger partial charge in [-0.1, -0.05) is 24.3 Å². The summed E-state index contributed by atoms with van der Waals surface area (Å²) in [5.74, 6) is 0.934. The van der Waals surface area contributed by atoms with Crippen molar-refractivity contribution in [1.82, 2.24) is 30.1 Å². The lowest BCUT2D eigenvalue weighted by Gasteiger charge is -2.32. The van der Waals surface area contributed by atoms with E-state index in [1.54, 1.807) is 23.1 Å². The van der Waals surface area contributed by atoms with E-state index >= 15 is 0 Å². The lowest BCUT2D eigenvalue weighted by molar-refractivity contribution is 0.171. The Morgan fingerprint density at radius 3 is 2.57 bits per heavy atom. The fraction of sp³-hybridized carbons (Fsp3) is 0.286. The molecule has 0 unspecified atom stereocenters. The number of tetrazole rings is 1. The zero-order valence-corrected chi connectivity index (χ0v) is 21.3.